The zero-order valence-electron chi connectivity index (χ0n) is 4.61. The monoisotopic (exact) mass is 172 g/mol. The number of hydrogen-bond acceptors (Lipinski definition) is 1. The topological polar surface area (TPSA) is 9.23 Å². The SMILES string of the molecule is [CH2-]CCOC.[Cl][Zn+]. The van der Waals surface area contributed by atoms with Crippen molar-refractivity contribution in [3.8, 4) is 0 Å². The van der Waals surface area contributed by atoms with Gasteiger partial charge in [-0.3, -0.25) is 0 Å². The van der Waals surface area contributed by atoms with E-state index in [9.17, 15) is 0 Å². The van der Waals surface area contributed by atoms with Crippen molar-refractivity contribution in [1.82, 2.24) is 0 Å². The Morgan fingerprint density at radius 1 is 1.71 bits per heavy atom. The summed E-state index contributed by atoms with van der Waals surface area (Å²) < 4.78 is 4.63. The first-order chi connectivity index (χ1) is 3.41. The molecule has 0 atom stereocenters. The third-order valence-electron chi connectivity index (χ3n) is 0.348. The Morgan fingerprint density at radius 2 is 2.14 bits per heavy atom. The third kappa shape index (κ3) is 19.8. The minimum absolute atomic E-state index is 0.778. The second kappa shape index (κ2) is 15.8. The summed E-state index contributed by atoms with van der Waals surface area (Å²) in [6, 6.07) is 0. The molecule has 3 heteroatoms. The quantitative estimate of drug-likeness (QED) is 0.455. The molecule has 0 aromatic rings. The predicted molar refractivity (Wildman–Crippen MR) is 27.7 cm³/mol. The van der Waals surface area contributed by atoms with Gasteiger partial charge in [0, 0.05) is 13.7 Å². The van der Waals surface area contributed by atoms with Gasteiger partial charge in [-0.25, -0.2) is 0 Å². The van der Waals surface area contributed by atoms with Crippen molar-refractivity contribution in [1.29, 1.82) is 0 Å². The second-order valence-corrected chi connectivity index (χ2v) is 0.846. The van der Waals surface area contributed by atoms with Crippen LogP contribution in [0.25, 0.3) is 0 Å². The molecule has 0 aromatic carbocycles. The number of rotatable bonds is 2. The summed E-state index contributed by atoms with van der Waals surface area (Å²) in [4.78, 5) is 0. The van der Waals surface area contributed by atoms with Crippen molar-refractivity contribution in [2.24, 2.45) is 0 Å². The molecule has 7 heavy (non-hydrogen) atoms. The van der Waals surface area contributed by atoms with E-state index in [4.69, 9.17) is 9.69 Å². The van der Waals surface area contributed by atoms with Crippen molar-refractivity contribution in [3.05, 3.63) is 6.92 Å². The maximum absolute atomic E-state index is 4.76. The summed E-state index contributed by atoms with van der Waals surface area (Å²) in [5.74, 6) is 0. The van der Waals surface area contributed by atoms with Crippen LogP contribution in [0.1, 0.15) is 6.42 Å². The molecule has 0 aliphatic heterocycles. The van der Waals surface area contributed by atoms with Crippen LogP contribution in [0.5, 0.6) is 0 Å². The van der Waals surface area contributed by atoms with Crippen molar-refractivity contribution in [2.45, 2.75) is 6.42 Å². The summed E-state index contributed by atoms with van der Waals surface area (Å²) in [7, 11) is 6.44. The van der Waals surface area contributed by atoms with Crippen LogP contribution < -0.4 is 0 Å². The van der Waals surface area contributed by atoms with Crippen LogP contribution in [0.15, 0.2) is 0 Å². The first-order valence-electron chi connectivity index (χ1n) is 1.96. The Hall–Kier alpha value is 0.873. The van der Waals surface area contributed by atoms with E-state index in [0.717, 1.165) is 30.3 Å². The van der Waals surface area contributed by atoms with Crippen molar-refractivity contribution in [2.75, 3.05) is 13.7 Å². The molecule has 0 rings (SSSR count). The summed E-state index contributed by atoms with van der Waals surface area (Å²) in [6.45, 7) is 4.33. The summed E-state index contributed by atoms with van der Waals surface area (Å²) in [6.07, 6.45) is 0.872. The fourth-order valence-corrected chi connectivity index (χ4v) is 0.144. The molecule has 40 valence electrons. The summed E-state index contributed by atoms with van der Waals surface area (Å²) in [5, 5.41) is 0. The second-order valence-electron chi connectivity index (χ2n) is 0.846. The van der Waals surface area contributed by atoms with Crippen LogP contribution >= 0.6 is 9.69 Å². The summed E-state index contributed by atoms with van der Waals surface area (Å²) >= 11 is 0.847. The van der Waals surface area contributed by atoms with E-state index >= 15 is 0 Å². The van der Waals surface area contributed by atoms with Crippen LogP contribution in [0.3, 0.4) is 0 Å². The van der Waals surface area contributed by atoms with Gasteiger partial charge in [-0.2, -0.15) is 6.42 Å². The van der Waals surface area contributed by atoms with Gasteiger partial charge in [-0.1, -0.05) is 0 Å². The molecule has 1 nitrogen and oxygen atoms in total. The molecular formula is C4H9ClOZn. The van der Waals surface area contributed by atoms with E-state index in [-0.39, 0.29) is 0 Å². The van der Waals surface area contributed by atoms with Gasteiger partial charge in [0.1, 0.15) is 0 Å². The average Bonchev–Trinajstić information content (AvgIpc) is 1.75. The van der Waals surface area contributed by atoms with Crippen molar-refractivity contribution >= 4 is 9.69 Å². The molecule has 0 aliphatic carbocycles. The Morgan fingerprint density at radius 3 is 2.14 bits per heavy atom. The molecule has 0 N–H and O–H groups in total. The van der Waals surface area contributed by atoms with Gasteiger partial charge in [-0.05, 0) is 0 Å². The van der Waals surface area contributed by atoms with Crippen molar-refractivity contribution in [3.63, 3.8) is 0 Å². The molecule has 0 saturated carbocycles. The Kier molecular flexibility index (Phi) is 24.3. The number of hydrogen-bond donors (Lipinski definition) is 0. The Labute approximate surface area is 59.1 Å². The molecule has 0 heterocycles. The third-order valence-corrected chi connectivity index (χ3v) is 0.348. The van der Waals surface area contributed by atoms with E-state index in [2.05, 4.69) is 11.7 Å². The first-order valence-corrected chi connectivity index (χ1v) is 5.86. The Balaban J connectivity index is 0. The number of methoxy groups -OCH3 is 1. The van der Waals surface area contributed by atoms with Crippen LogP contribution in [-0.4, -0.2) is 13.7 Å². The average molecular weight is 174 g/mol. The summed E-state index contributed by atoms with van der Waals surface area (Å²) in [5.41, 5.74) is 0. The van der Waals surface area contributed by atoms with Gasteiger partial charge in [0.25, 0.3) is 0 Å². The standard InChI is InChI=1S/C4H9O.ClH.Zn/c1-3-4-5-2;;/h1,3-4H2,2H3;1H;/q-1;;+2/p-1. The number of ether oxygens (including phenoxy) is 1. The molecular weight excluding hydrogens is 165 g/mol. The van der Waals surface area contributed by atoms with E-state index in [1.807, 2.05) is 0 Å². The fraction of sp³-hybridized carbons (Fsp3) is 0.750. The molecule has 0 aliphatic rings. The molecule has 0 fully saturated rings. The van der Waals surface area contributed by atoms with Gasteiger partial charge in [-0.15, -0.1) is 0 Å². The molecule has 0 radical (unpaired) electrons. The molecule has 0 unspecified atom stereocenters. The zero-order chi connectivity index (χ0) is 6.12. The van der Waals surface area contributed by atoms with Gasteiger partial charge >= 0.3 is 27.0 Å². The van der Waals surface area contributed by atoms with Gasteiger partial charge in [0.2, 0.25) is 0 Å². The van der Waals surface area contributed by atoms with Crippen molar-refractivity contribution < 1.29 is 22.0 Å². The zero-order valence-corrected chi connectivity index (χ0v) is 8.34. The Bertz CT molecular complexity index is 19.2. The predicted octanol–water partition coefficient (Wildman–Crippen LogP) is 1.54. The first kappa shape index (κ1) is 10.8. The van der Waals surface area contributed by atoms with Gasteiger partial charge < -0.3 is 11.7 Å². The number of halogens is 1. The molecule has 0 spiro atoms. The van der Waals surface area contributed by atoms with Gasteiger partial charge in [0.05, 0.1) is 0 Å². The molecule has 0 aromatic heterocycles. The van der Waals surface area contributed by atoms with E-state index < -0.39 is 0 Å². The fourth-order valence-electron chi connectivity index (χ4n) is 0.144. The van der Waals surface area contributed by atoms with Crippen LogP contribution in [0.2, 0.25) is 0 Å². The van der Waals surface area contributed by atoms with E-state index in [0.29, 0.717) is 0 Å². The van der Waals surface area contributed by atoms with Gasteiger partial charge in [0.15, 0.2) is 0 Å². The van der Waals surface area contributed by atoms with Crippen LogP contribution in [0.4, 0.5) is 0 Å². The van der Waals surface area contributed by atoms with E-state index in [1.165, 1.54) is 0 Å². The van der Waals surface area contributed by atoms with Crippen LogP contribution in [-0.2, 0) is 22.0 Å². The molecule has 0 bridgehead atoms. The maximum atomic E-state index is 4.76. The molecule has 0 saturated heterocycles. The van der Waals surface area contributed by atoms with E-state index in [1.54, 1.807) is 7.11 Å². The molecule has 0 amide bonds. The normalized spacial score (nSPS) is 7.00. The van der Waals surface area contributed by atoms with Crippen LogP contribution in [0, 0.1) is 6.92 Å². The minimum atomic E-state index is 0.778.